The molecule has 1 unspecified atom stereocenters. The third-order valence-corrected chi connectivity index (χ3v) is 5.99. The number of nitro benzene ring substituents is 1. The van der Waals surface area contributed by atoms with Crippen molar-refractivity contribution in [1.29, 1.82) is 0 Å². The maximum absolute atomic E-state index is 11.9. The summed E-state index contributed by atoms with van der Waals surface area (Å²) < 4.78 is 23.8. The molecule has 144 valence electrons. The van der Waals surface area contributed by atoms with Crippen LogP contribution in [-0.4, -0.2) is 38.7 Å². The summed E-state index contributed by atoms with van der Waals surface area (Å²) in [5.41, 5.74) is 1.10. The lowest BCUT2D eigenvalue weighted by molar-refractivity contribution is -0.387. The maximum Gasteiger partial charge on any atom is 0.288 e. The number of nitro groups is 1. The number of halogens is 1. The molecule has 1 saturated heterocycles. The van der Waals surface area contributed by atoms with E-state index in [1.54, 1.807) is 6.07 Å². The lowest BCUT2D eigenvalue weighted by atomic mass is 10.0. The maximum atomic E-state index is 11.9. The van der Waals surface area contributed by atoms with Crippen molar-refractivity contribution in [2.24, 2.45) is 0 Å². The van der Waals surface area contributed by atoms with Crippen molar-refractivity contribution in [1.82, 2.24) is 0 Å². The van der Waals surface area contributed by atoms with Crippen molar-refractivity contribution >= 4 is 38.5 Å². The van der Waals surface area contributed by atoms with E-state index in [0.29, 0.717) is 17.3 Å². The molecule has 3 rings (SSSR count). The zero-order chi connectivity index (χ0) is 19.6. The van der Waals surface area contributed by atoms with Gasteiger partial charge in [-0.05, 0) is 37.1 Å². The van der Waals surface area contributed by atoms with Gasteiger partial charge in [-0.1, -0.05) is 23.7 Å². The van der Waals surface area contributed by atoms with Crippen LogP contribution >= 0.6 is 11.6 Å². The van der Waals surface area contributed by atoms with Crippen molar-refractivity contribution in [2.45, 2.75) is 23.8 Å². The molecule has 0 radical (unpaired) electrons. The Bertz CT molecular complexity index is 965. The fourth-order valence-electron chi connectivity index (χ4n) is 3.31. The number of nitrogens with one attached hydrogen (secondary N) is 1. The Balaban J connectivity index is 1.81. The number of hydrogen-bond acceptors (Lipinski definition) is 6. The van der Waals surface area contributed by atoms with Gasteiger partial charge in [0.05, 0.1) is 15.6 Å². The van der Waals surface area contributed by atoms with Gasteiger partial charge in [0.2, 0.25) is 0 Å². The SMILES string of the molecule is CS(=O)(=O)c1cc(NC2CCCN(c3ccccc3Cl)C2)ccc1[N+](=O)[O-]. The number of rotatable bonds is 5. The van der Waals surface area contributed by atoms with Gasteiger partial charge in [0.15, 0.2) is 9.84 Å². The van der Waals surface area contributed by atoms with Gasteiger partial charge in [-0.15, -0.1) is 0 Å². The molecule has 9 heteroatoms. The Morgan fingerprint density at radius 3 is 2.67 bits per heavy atom. The largest absolute Gasteiger partial charge is 0.380 e. The third kappa shape index (κ3) is 4.51. The molecule has 1 fully saturated rings. The summed E-state index contributed by atoms with van der Waals surface area (Å²) in [6.07, 6.45) is 2.83. The highest BCUT2D eigenvalue weighted by Gasteiger charge is 2.25. The van der Waals surface area contributed by atoms with E-state index >= 15 is 0 Å². The number of benzene rings is 2. The summed E-state index contributed by atoms with van der Waals surface area (Å²) in [7, 11) is -3.71. The van der Waals surface area contributed by atoms with E-state index in [-0.39, 0.29) is 10.9 Å². The monoisotopic (exact) mass is 409 g/mol. The summed E-state index contributed by atoms with van der Waals surface area (Å²) in [5.74, 6) is 0. The molecule has 0 aliphatic carbocycles. The predicted octanol–water partition coefficient (Wildman–Crippen LogP) is 3.73. The second-order valence-electron chi connectivity index (χ2n) is 6.59. The van der Waals surface area contributed by atoms with E-state index in [1.807, 2.05) is 24.3 Å². The Kier molecular flexibility index (Phi) is 5.57. The smallest absolute Gasteiger partial charge is 0.288 e. The second-order valence-corrected chi connectivity index (χ2v) is 8.98. The minimum atomic E-state index is -3.71. The van der Waals surface area contributed by atoms with Gasteiger partial charge in [-0.25, -0.2) is 8.42 Å². The normalized spacial score (nSPS) is 17.6. The van der Waals surface area contributed by atoms with Gasteiger partial charge in [0.25, 0.3) is 5.69 Å². The standard InChI is InChI=1S/C18H20ClN3O4S/c1-27(25,26)18-11-13(8-9-17(18)22(23)24)20-14-5-4-10-21(12-14)16-7-3-2-6-15(16)19/h2-3,6-9,11,14,20H,4-5,10,12H2,1H3. The first kappa shape index (κ1) is 19.4. The minimum Gasteiger partial charge on any atom is -0.380 e. The quantitative estimate of drug-likeness (QED) is 0.597. The Morgan fingerprint density at radius 2 is 2.00 bits per heavy atom. The van der Waals surface area contributed by atoms with Gasteiger partial charge in [0.1, 0.15) is 4.90 Å². The van der Waals surface area contributed by atoms with E-state index in [9.17, 15) is 18.5 Å². The van der Waals surface area contributed by atoms with E-state index in [1.165, 1.54) is 12.1 Å². The highest BCUT2D eigenvalue weighted by molar-refractivity contribution is 7.90. The first-order valence-electron chi connectivity index (χ1n) is 8.50. The van der Waals surface area contributed by atoms with Gasteiger partial charge < -0.3 is 10.2 Å². The Morgan fingerprint density at radius 1 is 1.26 bits per heavy atom. The van der Waals surface area contributed by atoms with E-state index in [4.69, 9.17) is 11.6 Å². The molecule has 0 saturated carbocycles. The van der Waals surface area contributed by atoms with Crippen LogP contribution in [0.4, 0.5) is 17.1 Å². The summed E-state index contributed by atoms with van der Waals surface area (Å²) in [6, 6.07) is 11.8. The van der Waals surface area contributed by atoms with Crippen molar-refractivity contribution in [3.63, 3.8) is 0 Å². The highest BCUT2D eigenvalue weighted by Crippen LogP contribution is 2.30. The van der Waals surface area contributed by atoms with Crippen LogP contribution in [0.1, 0.15) is 12.8 Å². The number of nitrogens with zero attached hydrogens (tertiary/aromatic N) is 2. The fraction of sp³-hybridized carbons (Fsp3) is 0.333. The molecule has 1 atom stereocenters. The fourth-order valence-corrected chi connectivity index (χ4v) is 4.43. The van der Waals surface area contributed by atoms with Crippen molar-refractivity contribution in [3.05, 3.63) is 57.6 Å². The molecule has 1 aliphatic heterocycles. The second kappa shape index (κ2) is 7.74. The van der Waals surface area contributed by atoms with Crippen LogP contribution in [0, 0.1) is 10.1 Å². The molecule has 0 spiro atoms. The highest BCUT2D eigenvalue weighted by atomic mass is 35.5. The summed E-state index contributed by atoms with van der Waals surface area (Å²) in [4.78, 5) is 12.3. The Labute approximate surface area is 163 Å². The zero-order valence-electron chi connectivity index (χ0n) is 14.8. The molecule has 1 aliphatic rings. The van der Waals surface area contributed by atoms with Crippen LogP contribution in [0.25, 0.3) is 0 Å². The van der Waals surface area contributed by atoms with Gasteiger partial charge >= 0.3 is 0 Å². The third-order valence-electron chi connectivity index (χ3n) is 4.54. The van der Waals surface area contributed by atoms with E-state index in [0.717, 1.165) is 31.3 Å². The average molecular weight is 410 g/mol. The van der Waals surface area contributed by atoms with E-state index < -0.39 is 20.4 Å². The number of para-hydroxylation sites is 1. The molecule has 2 aromatic rings. The minimum absolute atomic E-state index is 0.0730. The molecular formula is C18H20ClN3O4S. The van der Waals surface area contributed by atoms with Crippen LogP contribution in [0.2, 0.25) is 5.02 Å². The summed E-state index contributed by atoms with van der Waals surface area (Å²) >= 11 is 6.29. The molecule has 0 amide bonds. The molecule has 1 N–H and O–H groups in total. The van der Waals surface area contributed by atoms with Gasteiger partial charge in [-0.3, -0.25) is 10.1 Å². The van der Waals surface area contributed by atoms with E-state index in [2.05, 4.69) is 10.2 Å². The van der Waals surface area contributed by atoms with Crippen LogP contribution in [-0.2, 0) is 9.84 Å². The predicted molar refractivity (Wildman–Crippen MR) is 107 cm³/mol. The lowest BCUT2D eigenvalue weighted by Gasteiger charge is -2.35. The molecule has 27 heavy (non-hydrogen) atoms. The van der Waals surface area contributed by atoms with Gasteiger partial charge in [0, 0.05) is 37.1 Å². The molecule has 7 nitrogen and oxygen atoms in total. The number of hydrogen-bond donors (Lipinski definition) is 1. The number of sulfone groups is 1. The van der Waals surface area contributed by atoms with Crippen LogP contribution in [0.5, 0.6) is 0 Å². The first-order chi connectivity index (χ1) is 12.8. The first-order valence-corrected chi connectivity index (χ1v) is 10.8. The van der Waals surface area contributed by atoms with Crippen LogP contribution in [0.3, 0.4) is 0 Å². The van der Waals surface area contributed by atoms with Crippen molar-refractivity contribution < 1.29 is 13.3 Å². The average Bonchev–Trinajstić information content (AvgIpc) is 2.61. The Hall–Kier alpha value is -2.32. The number of anilines is 2. The zero-order valence-corrected chi connectivity index (χ0v) is 16.3. The van der Waals surface area contributed by atoms with Crippen LogP contribution < -0.4 is 10.2 Å². The molecule has 0 bridgehead atoms. The lowest BCUT2D eigenvalue weighted by Crippen LogP contribution is -2.42. The van der Waals surface area contributed by atoms with Crippen LogP contribution in [0.15, 0.2) is 47.4 Å². The topological polar surface area (TPSA) is 92.6 Å². The molecule has 2 aromatic carbocycles. The summed E-state index contributed by atoms with van der Waals surface area (Å²) in [5, 5.41) is 15.1. The van der Waals surface area contributed by atoms with Gasteiger partial charge in [-0.2, -0.15) is 0 Å². The molecular weight excluding hydrogens is 390 g/mol. The summed E-state index contributed by atoms with van der Waals surface area (Å²) in [6.45, 7) is 1.59. The number of piperidine rings is 1. The molecule has 1 heterocycles. The van der Waals surface area contributed by atoms with Crippen molar-refractivity contribution in [3.8, 4) is 0 Å². The molecule has 0 aromatic heterocycles. The van der Waals surface area contributed by atoms with Crippen molar-refractivity contribution in [2.75, 3.05) is 29.6 Å².